The van der Waals surface area contributed by atoms with Crippen molar-refractivity contribution in [2.24, 2.45) is 5.92 Å². The molecular formula is C23H22F3N3O5S. The van der Waals surface area contributed by atoms with Gasteiger partial charge in [-0.25, -0.2) is 13.2 Å². The number of anilines is 3. The molecule has 1 saturated heterocycles. The van der Waals surface area contributed by atoms with Crippen molar-refractivity contribution in [3.05, 3.63) is 78.0 Å². The maximum atomic E-state index is 14.3. The number of hydrogen-bond acceptors (Lipinski definition) is 6. The molecule has 1 aliphatic heterocycles. The molecule has 4 rings (SSSR count). The minimum absolute atomic E-state index is 0.0695. The number of hydrogen-bond donors (Lipinski definition) is 2. The molecule has 12 heteroatoms. The van der Waals surface area contributed by atoms with Gasteiger partial charge in [0.2, 0.25) is 0 Å². The number of piperidine rings is 1. The molecule has 0 aliphatic carbocycles. The molecule has 2 N–H and O–H groups in total. The Balaban J connectivity index is 1.45. The molecule has 8 nitrogen and oxygen atoms in total. The highest BCUT2D eigenvalue weighted by molar-refractivity contribution is 7.90. The zero-order valence-electron chi connectivity index (χ0n) is 18.3. The lowest BCUT2D eigenvalue weighted by Crippen LogP contribution is -2.45. The Morgan fingerprint density at radius 1 is 1.09 bits per heavy atom. The van der Waals surface area contributed by atoms with Crippen LogP contribution in [0.5, 0.6) is 0 Å². The lowest BCUT2D eigenvalue weighted by atomic mass is 10.00. The lowest BCUT2D eigenvalue weighted by Gasteiger charge is -2.30. The number of para-hydroxylation sites is 1. The summed E-state index contributed by atoms with van der Waals surface area (Å²) in [6.07, 6.45) is 2.28. The van der Waals surface area contributed by atoms with Crippen LogP contribution in [0.3, 0.4) is 0 Å². The van der Waals surface area contributed by atoms with E-state index in [0.29, 0.717) is 24.7 Å². The molecule has 35 heavy (non-hydrogen) atoms. The molecule has 0 spiro atoms. The largest absolute Gasteiger partial charge is 0.466 e. The maximum Gasteiger partial charge on any atom is 0.310 e. The first kappa shape index (κ1) is 24.6. The summed E-state index contributed by atoms with van der Waals surface area (Å²) in [7, 11) is -4.22. The van der Waals surface area contributed by atoms with Gasteiger partial charge in [-0.15, -0.1) is 0 Å². The second kappa shape index (κ2) is 10.4. The molecule has 1 aromatic heterocycles. The van der Waals surface area contributed by atoms with Crippen molar-refractivity contribution < 1.29 is 35.5 Å². The number of ether oxygens (including phenoxy) is 1. The Kier molecular flexibility index (Phi) is 7.31. The van der Waals surface area contributed by atoms with Gasteiger partial charge in [0.05, 0.1) is 29.2 Å². The van der Waals surface area contributed by atoms with Crippen LogP contribution in [0.4, 0.5) is 30.2 Å². The SMILES string of the molecule is O=C(OCc1ccco1)C1CCCN(S(=O)(=O)Nc2cc(F)c(F)c(Nc3ccccc3F)c2)C1. The van der Waals surface area contributed by atoms with Crippen molar-refractivity contribution >= 4 is 33.2 Å². The third kappa shape index (κ3) is 5.95. The molecular weight excluding hydrogens is 487 g/mol. The van der Waals surface area contributed by atoms with Crippen LogP contribution in [-0.2, 0) is 26.3 Å². The summed E-state index contributed by atoms with van der Waals surface area (Å²) in [5, 5.41) is 2.43. The van der Waals surface area contributed by atoms with Crippen LogP contribution in [0.15, 0.2) is 59.2 Å². The second-order valence-corrected chi connectivity index (χ2v) is 9.59. The van der Waals surface area contributed by atoms with E-state index in [1.165, 1.54) is 24.5 Å². The fraction of sp³-hybridized carbons (Fsp3) is 0.261. The number of esters is 1. The molecule has 1 unspecified atom stereocenters. The van der Waals surface area contributed by atoms with Gasteiger partial charge in [-0.2, -0.15) is 12.7 Å². The van der Waals surface area contributed by atoms with E-state index in [2.05, 4.69) is 10.0 Å². The predicted octanol–water partition coefficient (Wildman–Crippen LogP) is 4.55. The summed E-state index contributed by atoms with van der Waals surface area (Å²) in [5.41, 5.74) is -0.839. The van der Waals surface area contributed by atoms with Crippen LogP contribution in [0.1, 0.15) is 18.6 Å². The van der Waals surface area contributed by atoms with Gasteiger partial charge in [-0.05, 0) is 43.2 Å². The zero-order chi connectivity index (χ0) is 25.0. The Labute approximate surface area is 199 Å². The minimum atomic E-state index is -4.22. The van der Waals surface area contributed by atoms with Gasteiger partial charge in [-0.3, -0.25) is 9.52 Å². The first-order chi connectivity index (χ1) is 16.7. The highest BCUT2D eigenvalue weighted by Gasteiger charge is 2.33. The van der Waals surface area contributed by atoms with Crippen molar-refractivity contribution in [3.63, 3.8) is 0 Å². The lowest BCUT2D eigenvalue weighted by molar-refractivity contribution is -0.151. The molecule has 3 aromatic rings. The van der Waals surface area contributed by atoms with Gasteiger partial charge in [-0.1, -0.05) is 12.1 Å². The smallest absolute Gasteiger partial charge is 0.310 e. The highest BCUT2D eigenvalue weighted by Crippen LogP contribution is 2.29. The first-order valence-electron chi connectivity index (χ1n) is 10.7. The Morgan fingerprint density at radius 2 is 1.89 bits per heavy atom. The van der Waals surface area contributed by atoms with E-state index in [-0.39, 0.29) is 31.1 Å². The Hall–Kier alpha value is -3.51. The van der Waals surface area contributed by atoms with Crippen LogP contribution in [-0.4, -0.2) is 31.8 Å². The summed E-state index contributed by atoms with van der Waals surface area (Å²) in [6, 6.07) is 10.4. The third-order valence-electron chi connectivity index (χ3n) is 5.41. The Morgan fingerprint density at radius 3 is 2.63 bits per heavy atom. The predicted molar refractivity (Wildman–Crippen MR) is 121 cm³/mol. The van der Waals surface area contributed by atoms with E-state index in [1.54, 1.807) is 12.1 Å². The number of carbonyl (C=O) groups is 1. The monoisotopic (exact) mass is 509 g/mol. The van der Waals surface area contributed by atoms with Gasteiger partial charge in [0.1, 0.15) is 18.2 Å². The van der Waals surface area contributed by atoms with E-state index in [0.717, 1.165) is 16.4 Å². The molecule has 0 bridgehead atoms. The number of rotatable bonds is 8. The molecule has 1 atom stereocenters. The summed E-state index contributed by atoms with van der Waals surface area (Å²) in [5.74, 6) is -4.13. The first-order valence-corrected chi connectivity index (χ1v) is 12.1. The van der Waals surface area contributed by atoms with Crippen LogP contribution < -0.4 is 10.0 Å². The summed E-state index contributed by atoms with van der Waals surface area (Å²) < 4.78 is 81.9. The standard InChI is InChI=1S/C23H22F3N3O5S/c24-18-7-1-2-8-20(18)27-21-12-16(11-19(25)22(21)26)28-35(31,32)29-9-3-5-15(13-29)23(30)34-14-17-6-4-10-33-17/h1-2,4,6-8,10-12,15,27-28H,3,5,9,13-14H2. The molecule has 0 saturated carbocycles. The maximum absolute atomic E-state index is 14.3. The van der Waals surface area contributed by atoms with E-state index in [1.807, 2.05) is 0 Å². The molecule has 0 radical (unpaired) electrons. The van der Waals surface area contributed by atoms with Crippen LogP contribution in [0, 0.1) is 23.4 Å². The Bertz CT molecular complexity index is 1300. The fourth-order valence-corrected chi connectivity index (χ4v) is 4.96. The molecule has 2 heterocycles. The van der Waals surface area contributed by atoms with E-state index >= 15 is 0 Å². The highest BCUT2D eigenvalue weighted by atomic mass is 32.2. The average Bonchev–Trinajstić information content (AvgIpc) is 3.36. The normalized spacial score (nSPS) is 16.6. The van der Waals surface area contributed by atoms with E-state index < -0.39 is 45.2 Å². The second-order valence-electron chi connectivity index (χ2n) is 7.92. The van der Waals surface area contributed by atoms with Gasteiger partial charge in [0.15, 0.2) is 11.6 Å². The van der Waals surface area contributed by atoms with E-state index in [9.17, 15) is 26.4 Å². The molecule has 1 aliphatic rings. The zero-order valence-corrected chi connectivity index (χ0v) is 19.2. The van der Waals surface area contributed by atoms with Gasteiger partial charge >= 0.3 is 16.2 Å². The van der Waals surface area contributed by atoms with Gasteiger partial charge in [0, 0.05) is 19.2 Å². The number of halogens is 3. The average molecular weight is 510 g/mol. The molecule has 0 amide bonds. The molecule has 2 aromatic carbocycles. The summed E-state index contributed by atoms with van der Waals surface area (Å²) in [4.78, 5) is 12.4. The van der Waals surface area contributed by atoms with Crippen molar-refractivity contribution in [1.29, 1.82) is 0 Å². The molecule has 186 valence electrons. The number of carbonyl (C=O) groups excluding carboxylic acids is 1. The number of nitrogens with zero attached hydrogens (tertiary/aromatic N) is 1. The molecule has 1 fully saturated rings. The topological polar surface area (TPSA) is 101 Å². The third-order valence-corrected chi connectivity index (χ3v) is 6.92. The van der Waals surface area contributed by atoms with Crippen molar-refractivity contribution in [2.45, 2.75) is 19.4 Å². The summed E-state index contributed by atoms with van der Waals surface area (Å²) >= 11 is 0. The van der Waals surface area contributed by atoms with Gasteiger partial charge in [0.25, 0.3) is 0 Å². The number of nitrogens with one attached hydrogen (secondary N) is 2. The van der Waals surface area contributed by atoms with Crippen LogP contribution in [0.25, 0.3) is 0 Å². The number of benzene rings is 2. The van der Waals surface area contributed by atoms with E-state index in [4.69, 9.17) is 9.15 Å². The van der Waals surface area contributed by atoms with Crippen molar-refractivity contribution in [2.75, 3.05) is 23.1 Å². The van der Waals surface area contributed by atoms with Crippen LogP contribution in [0.2, 0.25) is 0 Å². The fourth-order valence-electron chi connectivity index (χ4n) is 3.67. The summed E-state index contributed by atoms with van der Waals surface area (Å²) in [6.45, 7) is -0.0857. The minimum Gasteiger partial charge on any atom is -0.466 e. The van der Waals surface area contributed by atoms with Crippen LogP contribution >= 0.6 is 0 Å². The van der Waals surface area contributed by atoms with Gasteiger partial charge < -0.3 is 14.5 Å². The van der Waals surface area contributed by atoms with Crippen molar-refractivity contribution in [1.82, 2.24) is 4.31 Å². The van der Waals surface area contributed by atoms with Crippen molar-refractivity contribution in [3.8, 4) is 0 Å². The quantitative estimate of drug-likeness (QED) is 0.432. The number of furan rings is 1.